The Hall–Kier alpha value is -2.54. The number of thioether (sulfide) groups is 1. The Balaban J connectivity index is 1.46. The van der Waals surface area contributed by atoms with Gasteiger partial charge in [0.15, 0.2) is 0 Å². The summed E-state index contributed by atoms with van der Waals surface area (Å²) in [5, 5.41) is 14.6. The van der Waals surface area contributed by atoms with Crippen molar-refractivity contribution in [3.05, 3.63) is 35.4 Å². The molecule has 1 N–H and O–H groups in total. The molecule has 0 unspecified atom stereocenters. The maximum atomic E-state index is 12.6. The molecule has 0 radical (unpaired) electrons. The molecule has 1 heterocycles. The molecule has 1 aromatic carbocycles. The third-order valence-electron chi connectivity index (χ3n) is 3.48. The fourth-order valence-electron chi connectivity index (χ4n) is 2.07. The number of carbonyl (C=O) groups excluding carboxylic acids is 1. The minimum absolute atomic E-state index is 0.0448. The summed E-state index contributed by atoms with van der Waals surface area (Å²) in [6, 6.07) is 5.07. The molecule has 1 aromatic heterocycles. The highest BCUT2D eigenvalue weighted by atomic mass is 32.2. The van der Waals surface area contributed by atoms with Crippen LogP contribution >= 0.6 is 11.8 Å². The van der Waals surface area contributed by atoms with Gasteiger partial charge in [-0.3, -0.25) is 4.79 Å². The van der Waals surface area contributed by atoms with Gasteiger partial charge in [0.25, 0.3) is 0 Å². The molecule has 3 rings (SSSR count). The molecule has 0 atom stereocenters. The van der Waals surface area contributed by atoms with Crippen molar-refractivity contribution >= 4 is 17.7 Å². The molecule has 0 saturated heterocycles. The normalized spacial score (nSPS) is 13.8. The maximum Gasteiger partial charge on any atom is 0.416 e. The van der Waals surface area contributed by atoms with Crippen molar-refractivity contribution in [3.8, 4) is 11.8 Å². The number of nitrogens with one attached hydrogen (secondary N) is 1. The van der Waals surface area contributed by atoms with Crippen LogP contribution in [0.1, 0.15) is 30.0 Å². The lowest BCUT2D eigenvalue weighted by atomic mass is 10.1. The first-order chi connectivity index (χ1) is 12.4. The van der Waals surface area contributed by atoms with E-state index < -0.39 is 11.7 Å². The van der Waals surface area contributed by atoms with Crippen molar-refractivity contribution in [3.63, 3.8) is 0 Å². The van der Waals surface area contributed by atoms with E-state index in [0.717, 1.165) is 25.0 Å². The molecule has 1 amide bonds. The molecule has 0 aliphatic heterocycles. The molecule has 0 spiro atoms. The highest BCUT2D eigenvalue weighted by Crippen LogP contribution is 2.36. The van der Waals surface area contributed by atoms with E-state index >= 15 is 0 Å². The number of nitrogens with zero attached hydrogens (tertiary/aromatic N) is 4. The van der Waals surface area contributed by atoms with Gasteiger partial charge < -0.3 is 5.32 Å². The zero-order valence-corrected chi connectivity index (χ0v) is 14.3. The third kappa shape index (κ3) is 4.98. The molecular formula is C16H14F3N5OS. The summed E-state index contributed by atoms with van der Waals surface area (Å²) in [6.45, 7) is 0.0448. The van der Waals surface area contributed by atoms with E-state index in [4.69, 9.17) is 0 Å². The molecule has 1 saturated carbocycles. The van der Waals surface area contributed by atoms with Crippen molar-refractivity contribution in [2.75, 3.05) is 12.3 Å². The van der Waals surface area contributed by atoms with Crippen LogP contribution in [-0.4, -0.2) is 38.4 Å². The number of amides is 1. The van der Waals surface area contributed by atoms with Crippen LogP contribution in [0.25, 0.3) is 0 Å². The van der Waals surface area contributed by atoms with Crippen molar-refractivity contribution in [2.24, 2.45) is 0 Å². The average Bonchev–Trinajstić information content (AvgIpc) is 3.34. The first kappa shape index (κ1) is 18.3. The Kier molecular flexibility index (Phi) is 5.46. The van der Waals surface area contributed by atoms with E-state index in [1.807, 2.05) is 0 Å². The number of rotatable bonds is 5. The van der Waals surface area contributed by atoms with Gasteiger partial charge in [0, 0.05) is 5.56 Å². The molecule has 26 heavy (non-hydrogen) atoms. The topological polar surface area (TPSA) is 72.7 Å². The first-order valence-electron chi connectivity index (χ1n) is 7.77. The van der Waals surface area contributed by atoms with Crippen LogP contribution in [0.4, 0.5) is 13.2 Å². The van der Waals surface area contributed by atoms with E-state index in [-0.39, 0.29) is 23.8 Å². The van der Waals surface area contributed by atoms with E-state index in [2.05, 4.69) is 32.7 Å². The van der Waals surface area contributed by atoms with Crippen LogP contribution in [0.2, 0.25) is 0 Å². The summed E-state index contributed by atoms with van der Waals surface area (Å²) in [5.74, 6) is 5.13. The van der Waals surface area contributed by atoms with Gasteiger partial charge in [0.05, 0.1) is 23.9 Å². The molecule has 10 heteroatoms. The van der Waals surface area contributed by atoms with Gasteiger partial charge in [0.1, 0.15) is 0 Å². The number of alkyl halides is 3. The predicted molar refractivity (Wildman–Crippen MR) is 88.1 cm³/mol. The molecule has 136 valence electrons. The summed E-state index contributed by atoms with van der Waals surface area (Å²) >= 11 is 1.23. The van der Waals surface area contributed by atoms with Crippen LogP contribution in [0.15, 0.2) is 29.4 Å². The van der Waals surface area contributed by atoms with E-state index in [9.17, 15) is 18.0 Å². The van der Waals surface area contributed by atoms with E-state index in [0.29, 0.717) is 11.2 Å². The monoisotopic (exact) mass is 381 g/mol. The molecule has 6 nitrogen and oxygen atoms in total. The van der Waals surface area contributed by atoms with Crippen LogP contribution in [-0.2, 0) is 11.0 Å². The number of hydrogen-bond donors (Lipinski definition) is 1. The molecule has 1 aliphatic carbocycles. The zero-order chi connectivity index (χ0) is 18.6. The Morgan fingerprint density at radius 1 is 1.38 bits per heavy atom. The Bertz CT molecular complexity index is 851. The minimum atomic E-state index is -4.40. The Labute approximate surface area is 151 Å². The lowest BCUT2D eigenvalue weighted by Gasteiger charge is -2.05. The molecule has 1 aliphatic rings. The number of hydrogen-bond acceptors (Lipinski definition) is 5. The fourth-order valence-corrected chi connectivity index (χ4v) is 2.85. The fraction of sp³-hybridized carbons (Fsp3) is 0.375. The van der Waals surface area contributed by atoms with E-state index in [1.54, 1.807) is 4.68 Å². The molecule has 0 bridgehead atoms. The van der Waals surface area contributed by atoms with Gasteiger partial charge in [-0.15, -0.1) is 5.10 Å². The second-order valence-corrected chi connectivity index (χ2v) is 6.53. The lowest BCUT2D eigenvalue weighted by Crippen LogP contribution is -2.25. The first-order valence-corrected chi connectivity index (χ1v) is 8.75. The van der Waals surface area contributed by atoms with Gasteiger partial charge in [-0.25, -0.2) is 4.68 Å². The van der Waals surface area contributed by atoms with Gasteiger partial charge in [-0.1, -0.05) is 29.7 Å². The average molecular weight is 381 g/mol. The predicted octanol–water partition coefficient (Wildman–Crippen LogP) is 2.29. The van der Waals surface area contributed by atoms with Crippen LogP contribution in [0.3, 0.4) is 0 Å². The number of benzene rings is 1. The quantitative estimate of drug-likeness (QED) is 0.636. The second-order valence-electron chi connectivity index (χ2n) is 5.58. The summed E-state index contributed by atoms with van der Waals surface area (Å²) in [5.41, 5.74) is -0.509. The van der Waals surface area contributed by atoms with Gasteiger partial charge >= 0.3 is 6.18 Å². The van der Waals surface area contributed by atoms with Gasteiger partial charge in [-0.2, -0.15) is 13.2 Å². The Morgan fingerprint density at radius 3 is 2.92 bits per heavy atom. The minimum Gasteiger partial charge on any atom is -0.344 e. The van der Waals surface area contributed by atoms with Crippen LogP contribution in [0, 0.1) is 11.8 Å². The number of carbonyl (C=O) groups is 1. The van der Waals surface area contributed by atoms with Crippen molar-refractivity contribution in [1.82, 2.24) is 25.5 Å². The summed E-state index contributed by atoms with van der Waals surface area (Å²) < 4.78 is 39.6. The lowest BCUT2D eigenvalue weighted by molar-refractivity contribution is -0.137. The SMILES string of the molecule is O=C(CSc1nnnn1C1CC1)NCC#Cc1cccc(C(F)(F)F)c1. The smallest absolute Gasteiger partial charge is 0.344 e. The summed E-state index contributed by atoms with van der Waals surface area (Å²) in [6.07, 6.45) is -2.33. The molecule has 2 aromatic rings. The zero-order valence-electron chi connectivity index (χ0n) is 13.5. The van der Waals surface area contributed by atoms with Gasteiger partial charge in [-0.05, 0) is 41.5 Å². The number of aromatic nitrogens is 4. The Morgan fingerprint density at radius 2 is 2.19 bits per heavy atom. The maximum absolute atomic E-state index is 12.6. The largest absolute Gasteiger partial charge is 0.416 e. The van der Waals surface area contributed by atoms with Crippen LogP contribution < -0.4 is 5.32 Å². The second kappa shape index (κ2) is 7.78. The van der Waals surface area contributed by atoms with E-state index in [1.165, 1.54) is 23.9 Å². The molecular weight excluding hydrogens is 367 g/mol. The number of tetrazole rings is 1. The van der Waals surface area contributed by atoms with Crippen molar-refractivity contribution in [1.29, 1.82) is 0 Å². The van der Waals surface area contributed by atoms with Crippen molar-refractivity contribution in [2.45, 2.75) is 30.2 Å². The van der Waals surface area contributed by atoms with Crippen LogP contribution in [0.5, 0.6) is 0 Å². The van der Waals surface area contributed by atoms with Gasteiger partial charge in [0.2, 0.25) is 11.1 Å². The highest BCUT2D eigenvalue weighted by Gasteiger charge is 2.30. The summed E-state index contributed by atoms with van der Waals surface area (Å²) in [4.78, 5) is 11.8. The summed E-state index contributed by atoms with van der Waals surface area (Å²) in [7, 11) is 0. The highest BCUT2D eigenvalue weighted by molar-refractivity contribution is 7.99. The molecule has 1 fully saturated rings. The standard InChI is InChI=1S/C16H14F3N5OS/c17-16(18,19)12-5-1-3-11(9-12)4-2-8-20-14(25)10-26-15-21-22-23-24(15)13-6-7-13/h1,3,5,9,13H,6-8,10H2,(H,20,25). The number of halogens is 3. The van der Waals surface area contributed by atoms with Crippen molar-refractivity contribution < 1.29 is 18.0 Å². The third-order valence-corrected chi connectivity index (χ3v) is 4.42.